The first-order chi connectivity index (χ1) is 10.1. The van der Waals surface area contributed by atoms with Gasteiger partial charge in [0.05, 0.1) is 0 Å². The second kappa shape index (κ2) is 6.97. The minimum Gasteiger partial charge on any atom is -0.313 e. The molecule has 110 valence electrons. The van der Waals surface area contributed by atoms with Gasteiger partial charge in [-0.05, 0) is 31.0 Å². The Kier molecular flexibility index (Phi) is 5.04. The van der Waals surface area contributed by atoms with E-state index in [4.69, 9.17) is 0 Å². The molecule has 0 aliphatic heterocycles. The van der Waals surface area contributed by atoms with Gasteiger partial charge < -0.3 is 4.90 Å². The molecule has 0 fully saturated rings. The predicted molar refractivity (Wildman–Crippen MR) is 79.1 cm³/mol. The zero-order valence-electron chi connectivity index (χ0n) is 11.9. The summed E-state index contributed by atoms with van der Waals surface area (Å²) in [6.45, 7) is 2.22. The SMILES string of the molecule is CCN(C(=O)CCc1ccccc1)c1ccc(F)c(F)c1. The van der Waals surface area contributed by atoms with Crippen LogP contribution in [0.15, 0.2) is 48.5 Å². The highest BCUT2D eigenvalue weighted by Gasteiger charge is 2.15. The van der Waals surface area contributed by atoms with Crippen molar-refractivity contribution in [2.45, 2.75) is 19.8 Å². The van der Waals surface area contributed by atoms with Gasteiger partial charge in [0.25, 0.3) is 0 Å². The van der Waals surface area contributed by atoms with Gasteiger partial charge in [-0.1, -0.05) is 30.3 Å². The lowest BCUT2D eigenvalue weighted by Crippen LogP contribution is -2.30. The van der Waals surface area contributed by atoms with Gasteiger partial charge in [0, 0.05) is 24.7 Å². The number of carbonyl (C=O) groups excluding carboxylic acids is 1. The maximum Gasteiger partial charge on any atom is 0.227 e. The van der Waals surface area contributed by atoms with E-state index in [0.717, 1.165) is 17.7 Å². The highest BCUT2D eigenvalue weighted by atomic mass is 19.2. The summed E-state index contributed by atoms with van der Waals surface area (Å²) in [6.07, 6.45) is 0.955. The number of anilines is 1. The van der Waals surface area contributed by atoms with Crippen LogP contribution in [0.2, 0.25) is 0 Å². The minimum absolute atomic E-state index is 0.104. The quantitative estimate of drug-likeness (QED) is 0.816. The van der Waals surface area contributed by atoms with Crippen LogP contribution in [0.4, 0.5) is 14.5 Å². The Bertz CT molecular complexity index is 613. The van der Waals surface area contributed by atoms with Crippen molar-refractivity contribution in [2.75, 3.05) is 11.4 Å². The standard InChI is InChI=1S/C17H17F2NO/c1-2-20(14-9-10-15(18)16(19)12-14)17(21)11-8-13-6-4-3-5-7-13/h3-7,9-10,12H,2,8,11H2,1H3. The Balaban J connectivity index is 2.06. The second-order valence-electron chi connectivity index (χ2n) is 4.72. The van der Waals surface area contributed by atoms with E-state index in [1.54, 1.807) is 0 Å². The summed E-state index contributed by atoms with van der Waals surface area (Å²) in [4.78, 5) is 13.7. The van der Waals surface area contributed by atoms with Gasteiger partial charge in [0.15, 0.2) is 11.6 Å². The van der Waals surface area contributed by atoms with E-state index in [1.165, 1.54) is 11.0 Å². The third-order valence-electron chi connectivity index (χ3n) is 3.30. The Labute approximate surface area is 123 Å². The van der Waals surface area contributed by atoms with Gasteiger partial charge in [-0.2, -0.15) is 0 Å². The van der Waals surface area contributed by atoms with Gasteiger partial charge in [0.1, 0.15) is 0 Å². The number of amides is 1. The van der Waals surface area contributed by atoms with Gasteiger partial charge in [-0.15, -0.1) is 0 Å². The molecule has 2 nitrogen and oxygen atoms in total. The molecule has 0 aliphatic carbocycles. The lowest BCUT2D eigenvalue weighted by Gasteiger charge is -2.21. The molecule has 0 atom stereocenters. The Morgan fingerprint density at radius 1 is 1.05 bits per heavy atom. The van der Waals surface area contributed by atoms with Crippen LogP contribution in [-0.4, -0.2) is 12.5 Å². The summed E-state index contributed by atoms with van der Waals surface area (Å²) in [6, 6.07) is 13.2. The maximum absolute atomic E-state index is 13.3. The Morgan fingerprint density at radius 2 is 1.76 bits per heavy atom. The Morgan fingerprint density at radius 3 is 2.38 bits per heavy atom. The lowest BCUT2D eigenvalue weighted by molar-refractivity contribution is -0.118. The van der Waals surface area contributed by atoms with E-state index in [0.29, 0.717) is 25.1 Å². The molecule has 0 bridgehead atoms. The van der Waals surface area contributed by atoms with Gasteiger partial charge in [-0.25, -0.2) is 8.78 Å². The molecule has 0 saturated carbocycles. The fraction of sp³-hybridized carbons (Fsp3) is 0.235. The molecule has 0 N–H and O–H groups in total. The third-order valence-corrected chi connectivity index (χ3v) is 3.30. The average Bonchev–Trinajstić information content (AvgIpc) is 2.50. The summed E-state index contributed by atoms with van der Waals surface area (Å²) < 4.78 is 26.2. The zero-order chi connectivity index (χ0) is 15.2. The molecular weight excluding hydrogens is 272 g/mol. The van der Waals surface area contributed by atoms with Crippen LogP contribution in [0.25, 0.3) is 0 Å². The lowest BCUT2D eigenvalue weighted by atomic mass is 10.1. The minimum atomic E-state index is -0.943. The number of benzene rings is 2. The van der Waals surface area contributed by atoms with E-state index in [9.17, 15) is 13.6 Å². The van der Waals surface area contributed by atoms with Gasteiger partial charge in [0.2, 0.25) is 5.91 Å². The molecule has 1 amide bonds. The molecule has 0 aliphatic rings. The fourth-order valence-corrected chi connectivity index (χ4v) is 2.19. The zero-order valence-corrected chi connectivity index (χ0v) is 11.9. The number of hydrogen-bond donors (Lipinski definition) is 0. The number of rotatable bonds is 5. The van der Waals surface area contributed by atoms with Crippen LogP contribution in [0.5, 0.6) is 0 Å². The molecule has 0 aromatic heterocycles. The molecule has 2 aromatic carbocycles. The highest BCUT2D eigenvalue weighted by molar-refractivity contribution is 5.93. The van der Waals surface area contributed by atoms with Crippen molar-refractivity contribution in [3.05, 3.63) is 65.7 Å². The van der Waals surface area contributed by atoms with Crippen molar-refractivity contribution in [2.24, 2.45) is 0 Å². The van der Waals surface area contributed by atoms with Crippen LogP contribution in [0.3, 0.4) is 0 Å². The van der Waals surface area contributed by atoms with Crippen molar-refractivity contribution in [3.63, 3.8) is 0 Å². The van der Waals surface area contributed by atoms with Crippen molar-refractivity contribution < 1.29 is 13.6 Å². The second-order valence-corrected chi connectivity index (χ2v) is 4.72. The first-order valence-electron chi connectivity index (χ1n) is 6.91. The van der Waals surface area contributed by atoms with E-state index >= 15 is 0 Å². The first kappa shape index (κ1) is 15.2. The fourth-order valence-electron chi connectivity index (χ4n) is 2.19. The number of nitrogens with zero attached hydrogens (tertiary/aromatic N) is 1. The van der Waals surface area contributed by atoms with Crippen LogP contribution < -0.4 is 4.90 Å². The van der Waals surface area contributed by atoms with E-state index in [-0.39, 0.29) is 5.91 Å². The molecule has 0 saturated heterocycles. The normalized spacial score (nSPS) is 10.4. The molecule has 0 radical (unpaired) electrons. The molecule has 2 rings (SSSR count). The topological polar surface area (TPSA) is 20.3 Å². The Hall–Kier alpha value is -2.23. The molecule has 0 spiro atoms. The molecule has 0 unspecified atom stereocenters. The summed E-state index contributed by atoms with van der Waals surface area (Å²) in [5, 5.41) is 0. The number of hydrogen-bond acceptors (Lipinski definition) is 1. The summed E-state index contributed by atoms with van der Waals surface area (Å²) >= 11 is 0. The third kappa shape index (κ3) is 3.88. The molecule has 21 heavy (non-hydrogen) atoms. The molecule has 2 aromatic rings. The van der Waals surface area contributed by atoms with E-state index in [2.05, 4.69) is 0 Å². The molecule has 0 heterocycles. The summed E-state index contributed by atoms with van der Waals surface area (Å²) in [5.41, 5.74) is 1.46. The van der Waals surface area contributed by atoms with Gasteiger partial charge in [-0.3, -0.25) is 4.79 Å². The molecule has 4 heteroatoms. The van der Waals surface area contributed by atoms with Crippen molar-refractivity contribution in [1.29, 1.82) is 0 Å². The van der Waals surface area contributed by atoms with Gasteiger partial charge >= 0.3 is 0 Å². The highest BCUT2D eigenvalue weighted by Crippen LogP contribution is 2.19. The predicted octanol–water partition coefficient (Wildman–Crippen LogP) is 3.95. The monoisotopic (exact) mass is 289 g/mol. The van der Waals surface area contributed by atoms with Crippen LogP contribution in [0.1, 0.15) is 18.9 Å². The average molecular weight is 289 g/mol. The van der Waals surface area contributed by atoms with Crippen LogP contribution in [-0.2, 0) is 11.2 Å². The van der Waals surface area contributed by atoms with Crippen LogP contribution in [0, 0.1) is 11.6 Å². The van der Waals surface area contributed by atoms with E-state index < -0.39 is 11.6 Å². The van der Waals surface area contributed by atoms with E-state index in [1.807, 2.05) is 37.3 Å². The summed E-state index contributed by atoms with van der Waals surface area (Å²) in [7, 11) is 0. The first-order valence-corrected chi connectivity index (χ1v) is 6.91. The number of aryl methyl sites for hydroxylation is 1. The van der Waals surface area contributed by atoms with Crippen molar-refractivity contribution in [3.8, 4) is 0 Å². The van der Waals surface area contributed by atoms with Crippen molar-refractivity contribution in [1.82, 2.24) is 0 Å². The largest absolute Gasteiger partial charge is 0.313 e. The summed E-state index contributed by atoms with van der Waals surface area (Å²) in [5.74, 6) is -1.96. The number of carbonyl (C=O) groups is 1. The van der Waals surface area contributed by atoms with Crippen molar-refractivity contribution >= 4 is 11.6 Å². The number of halogens is 2. The smallest absolute Gasteiger partial charge is 0.227 e. The van der Waals surface area contributed by atoms with Crippen LogP contribution >= 0.6 is 0 Å². The maximum atomic E-state index is 13.3. The molecular formula is C17H17F2NO.